The van der Waals surface area contributed by atoms with Crippen molar-refractivity contribution in [3.8, 4) is 11.8 Å². The van der Waals surface area contributed by atoms with Crippen LogP contribution in [0.4, 0.5) is 5.69 Å². The first-order valence-electron chi connectivity index (χ1n) is 5.66. The van der Waals surface area contributed by atoms with Gasteiger partial charge in [0, 0.05) is 17.7 Å². The number of aliphatic hydroxyl groups is 1. The summed E-state index contributed by atoms with van der Waals surface area (Å²) in [6.45, 7) is 0. The standard InChI is InChI=1S/C15H11NO3/c17-15(10-9-12-5-2-1-3-6-12)13-7-4-8-14(11-13)16(18)19/h1-8,11,15,17H/t15-/m0/s1. The van der Waals surface area contributed by atoms with Crippen molar-refractivity contribution in [3.05, 3.63) is 75.8 Å². The van der Waals surface area contributed by atoms with Gasteiger partial charge in [0.1, 0.15) is 6.10 Å². The molecule has 0 aliphatic rings. The molecular weight excluding hydrogens is 242 g/mol. The molecule has 2 aromatic carbocycles. The third-order valence-corrected chi connectivity index (χ3v) is 2.52. The maximum atomic E-state index is 10.6. The van der Waals surface area contributed by atoms with Gasteiger partial charge in [-0.2, -0.15) is 0 Å². The van der Waals surface area contributed by atoms with Gasteiger partial charge in [0.05, 0.1) is 4.92 Å². The van der Waals surface area contributed by atoms with E-state index in [1.54, 1.807) is 6.07 Å². The molecule has 0 aliphatic heterocycles. The minimum atomic E-state index is -1.04. The molecule has 0 spiro atoms. The van der Waals surface area contributed by atoms with Crippen LogP contribution in [0.3, 0.4) is 0 Å². The van der Waals surface area contributed by atoms with Crippen molar-refractivity contribution in [1.29, 1.82) is 0 Å². The highest BCUT2D eigenvalue weighted by atomic mass is 16.6. The van der Waals surface area contributed by atoms with Gasteiger partial charge in [-0.15, -0.1) is 0 Å². The first-order valence-corrected chi connectivity index (χ1v) is 5.66. The Morgan fingerprint density at radius 2 is 1.84 bits per heavy atom. The van der Waals surface area contributed by atoms with Gasteiger partial charge < -0.3 is 5.11 Å². The summed E-state index contributed by atoms with van der Waals surface area (Å²) >= 11 is 0. The van der Waals surface area contributed by atoms with Crippen molar-refractivity contribution < 1.29 is 10.0 Å². The van der Waals surface area contributed by atoms with Crippen molar-refractivity contribution in [3.63, 3.8) is 0 Å². The number of nitro benzene ring substituents is 1. The smallest absolute Gasteiger partial charge is 0.269 e. The fourth-order valence-electron chi connectivity index (χ4n) is 1.56. The average molecular weight is 253 g/mol. The van der Waals surface area contributed by atoms with Gasteiger partial charge in [-0.1, -0.05) is 42.2 Å². The molecule has 94 valence electrons. The van der Waals surface area contributed by atoms with Crippen molar-refractivity contribution in [2.75, 3.05) is 0 Å². The van der Waals surface area contributed by atoms with Crippen LogP contribution < -0.4 is 0 Å². The molecule has 0 saturated carbocycles. The highest BCUT2D eigenvalue weighted by Crippen LogP contribution is 2.18. The second-order valence-electron chi connectivity index (χ2n) is 3.89. The van der Waals surface area contributed by atoms with E-state index in [-0.39, 0.29) is 5.69 Å². The number of nitrogens with zero attached hydrogens (tertiary/aromatic N) is 1. The molecule has 19 heavy (non-hydrogen) atoms. The van der Waals surface area contributed by atoms with E-state index in [4.69, 9.17) is 0 Å². The molecule has 0 fully saturated rings. The van der Waals surface area contributed by atoms with Gasteiger partial charge in [0.25, 0.3) is 5.69 Å². The summed E-state index contributed by atoms with van der Waals surface area (Å²) < 4.78 is 0. The first kappa shape index (κ1) is 12.8. The Bertz CT molecular complexity index is 641. The fourth-order valence-corrected chi connectivity index (χ4v) is 1.56. The molecule has 0 amide bonds. The fraction of sp³-hybridized carbons (Fsp3) is 0.0667. The van der Waals surface area contributed by atoms with Crippen LogP contribution in [0.2, 0.25) is 0 Å². The number of rotatable bonds is 2. The SMILES string of the molecule is O=[N+]([O-])c1cccc([C@@H](O)C#Cc2ccccc2)c1. The molecule has 1 N–H and O–H groups in total. The zero-order chi connectivity index (χ0) is 13.7. The zero-order valence-corrected chi connectivity index (χ0v) is 9.98. The largest absolute Gasteiger partial charge is 0.376 e. The maximum absolute atomic E-state index is 10.6. The van der Waals surface area contributed by atoms with Crippen molar-refractivity contribution in [1.82, 2.24) is 0 Å². The van der Waals surface area contributed by atoms with E-state index in [2.05, 4.69) is 11.8 Å². The average Bonchev–Trinajstić information content (AvgIpc) is 2.46. The van der Waals surface area contributed by atoms with Gasteiger partial charge in [-0.25, -0.2) is 0 Å². The highest BCUT2D eigenvalue weighted by molar-refractivity contribution is 5.40. The second kappa shape index (κ2) is 5.80. The molecule has 0 aliphatic carbocycles. The van der Waals surface area contributed by atoms with Gasteiger partial charge in [-0.05, 0) is 17.7 Å². The van der Waals surface area contributed by atoms with E-state index < -0.39 is 11.0 Å². The predicted molar refractivity (Wildman–Crippen MR) is 71.4 cm³/mol. The molecule has 0 bridgehead atoms. The molecule has 0 unspecified atom stereocenters. The van der Waals surface area contributed by atoms with Crippen LogP contribution in [0.5, 0.6) is 0 Å². The monoisotopic (exact) mass is 253 g/mol. The summed E-state index contributed by atoms with van der Waals surface area (Å²) in [4.78, 5) is 10.1. The molecule has 2 aromatic rings. The lowest BCUT2D eigenvalue weighted by Gasteiger charge is -2.02. The number of benzene rings is 2. The molecule has 4 heteroatoms. The molecule has 0 radical (unpaired) electrons. The Balaban J connectivity index is 2.21. The lowest BCUT2D eigenvalue weighted by Crippen LogP contribution is -1.96. The Morgan fingerprint density at radius 3 is 2.53 bits per heavy atom. The van der Waals surface area contributed by atoms with Crippen molar-refractivity contribution in [2.24, 2.45) is 0 Å². The Labute approximate surface area is 110 Å². The van der Waals surface area contributed by atoms with Crippen LogP contribution in [0, 0.1) is 22.0 Å². The molecule has 1 atom stereocenters. The number of aliphatic hydroxyl groups excluding tert-OH is 1. The molecular formula is C15H11NO3. The lowest BCUT2D eigenvalue weighted by atomic mass is 10.1. The predicted octanol–water partition coefficient (Wildman–Crippen LogP) is 2.68. The Hall–Kier alpha value is -2.64. The summed E-state index contributed by atoms with van der Waals surface area (Å²) in [5.74, 6) is 5.49. The minimum absolute atomic E-state index is 0.0574. The van der Waals surface area contributed by atoms with Crippen LogP contribution in [0.25, 0.3) is 0 Å². The second-order valence-corrected chi connectivity index (χ2v) is 3.89. The Morgan fingerprint density at radius 1 is 1.11 bits per heavy atom. The summed E-state index contributed by atoms with van der Waals surface area (Å²) in [5.41, 5.74) is 1.14. The first-order chi connectivity index (χ1) is 9.16. The van der Waals surface area contributed by atoms with Gasteiger partial charge in [0.15, 0.2) is 0 Å². The molecule has 0 saturated heterocycles. The van der Waals surface area contributed by atoms with Gasteiger partial charge in [-0.3, -0.25) is 10.1 Å². The van der Waals surface area contributed by atoms with Crippen LogP contribution in [-0.2, 0) is 0 Å². The molecule has 0 aromatic heterocycles. The number of nitro groups is 1. The number of hydrogen-bond acceptors (Lipinski definition) is 3. The highest BCUT2D eigenvalue weighted by Gasteiger charge is 2.09. The molecule has 0 heterocycles. The summed E-state index contributed by atoms with van der Waals surface area (Å²) in [6, 6.07) is 15.1. The van der Waals surface area contributed by atoms with Crippen molar-refractivity contribution >= 4 is 5.69 Å². The maximum Gasteiger partial charge on any atom is 0.269 e. The van der Waals surface area contributed by atoms with Gasteiger partial charge in [0.2, 0.25) is 0 Å². The van der Waals surface area contributed by atoms with E-state index in [1.165, 1.54) is 18.2 Å². The third kappa shape index (κ3) is 3.41. The van der Waals surface area contributed by atoms with Crippen LogP contribution in [0.1, 0.15) is 17.2 Å². The minimum Gasteiger partial charge on any atom is -0.376 e. The molecule has 2 rings (SSSR count). The lowest BCUT2D eigenvalue weighted by molar-refractivity contribution is -0.385. The quantitative estimate of drug-likeness (QED) is 0.508. The normalized spacial score (nSPS) is 11.2. The van der Waals surface area contributed by atoms with E-state index in [9.17, 15) is 15.2 Å². The zero-order valence-electron chi connectivity index (χ0n) is 9.98. The Kier molecular flexibility index (Phi) is 3.91. The third-order valence-electron chi connectivity index (χ3n) is 2.52. The van der Waals surface area contributed by atoms with E-state index >= 15 is 0 Å². The van der Waals surface area contributed by atoms with E-state index in [0.29, 0.717) is 5.56 Å². The van der Waals surface area contributed by atoms with Gasteiger partial charge >= 0.3 is 0 Å². The van der Waals surface area contributed by atoms with Crippen LogP contribution in [0.15, 0.2) is 54.6 Å². The topological polar surface area (TPSA) is 63.4 Å². The van der Waals surface area contributed by atoms with Crippen LogP contribution in [-0.4, -0.2) is 10.0 Å². The van der Waals surface area contributed by atoms with Crippen molar-refractivity contribution in [2.45, 2.75) is 6.10 Å². The summed E-state index contributed by atoms with van der Waals surface area (Å²) in [6.07, 6.45) is -1.04. The number of non-ortho nitro benzene ring substituents is 1. The summed E-state index contributed by atoms with van der Waals surface area (Å²) in [5, 5.41) is 20.5. The number of hydrogen-bond donors (Lipinski definition) is 1. The van der Waals surface area contributed by atoms with E-state index in [0.717, 1.165) is 5.56 Å². The van der Waals surface area contributed by atoms with E-state index in [1.807, 2.05) is 30.3 Å². The summed E-state index contributed by atoms with van der Waals surface area (Å²) in [7, 11) is 0. The molecule has 4 nitrogen and oxygen atoms in total. The van der Waals surface area contributed by atoms with Crippen LogP contribution >= 0.6 is 0 Å².